The van der Waals surface area contributed by atoms with Crippen molar-refractivity contribution < 1.29 is 9.21 Å². The van der Waals surface area contributed by atoms with E-state index >= 15 is 0 Å². The van der Waals surface area contributed by atoms with Gasteiger partial charge in [-0.15, -0.1) is 11.3 Å². The predicted octanol–water partition coefficient (Wildman–Crippen LogP) is 3.87. The molecule has 6 heteroatoms. The first-order valence-electron chi connectivity index (χ1n) is 7.20. The molecule has 0 fully saturated rings. The van der Waals surface area contributed by atoms with Crippen molar-refractivity contribution >= 4 is 28.5 Å². The topological polar surface area (TPSA) is 78.9 Å². The Morgan fingerprint density at radius 3 is 2.83 bits per heavy atom. The number of carbonyl (C=O) groups excluding carboxylic acids is 1. The zero-order valence-corrected chi connectivity index (χ0v) is 13.4. The fraction of sp³-hybridized carbons (Fsp3) is 0.0556. The molecule has 24 heavy (non-hydrogen) atoms. The molecule has 3 rings (SSSR count). The third-order valence-electron chi connectivity index (χ3n) is 3.19. The van der Waals surface area contributed by atoms with Gasteiger partial charge in [-0.25, -0.2) is 4.98 Å². The molecule has 1 aromatic carbocycles. The molecule has 2 heterocycles. The van der Waals surface area contributed by atoms with Crippen molar-refractivity contribution in [2.24, 2.45) is 0 Å². The third kappa shape index (κ3) is 3.97. The molecule has 5 nitrogen and oxygen atoms in total. The maximum atomic E-state index is 12.2. The lowest BCUT2D eigenvalue weighted by Gasteiger charge is -1.99. The minimum Gasteiger partial charge on any atom is -0.465 e. The number of furan rings is 1. The molecule has 0 aliphatic heterocycles. The Bertz CT molecular complexity index is 890. The summed E-state index contributed by atoms with van der Waals surface area (Å²) in [5, 5.41) is 12.2. The van der Waals surface area contributed by atoms with E-state index in [0.717, 1.165) is 11.3 Å². The van der Waals surface area contributed by atoms with Crippen LogP contribution < -0.4 is 5.32 Å². The van der Waals surface area contributed by atoms with Crippen LogP contribution in [0.4, 0.5) is 5.13 Å². The standard InChI is InChI=1S/C18H13N3O2S/c19-11-14(10-15-7-4-8-23-15)17(22)21-18-20-12-16(24-18)9-13-5-2-1-3-6-13/h1-8,10,12H,9H2,(H,20,21,22)/b14-10+. The van der Waals surface area contributed by atoms with E-state index in [1.807, 2.05) is 36.4 Å². The molecule has 0 unspecified atom stereocenters. The summed E-state index contributed by atoms with van der Waals surface area (Å²) in [6, 6.07) is 15.3. The van der Waals surface area contributed by atoms with Crippen molar-refractivity contribution in [1.82, 2.24) is 4.98 Å². The van der Waals surface area contributed by atoms with Crippen molar-refractivity contribution in [3.8, 4) is 6.07 Å². The molecule has 0 aliphatic carbocycles. The Morgan fingerprint density at radius 1 is 1.29 bits per heavy atom. The smallest absolute Gasteiger partial charge is 0.268 e. The van der Waals surface area contributed by atoms with Gasteiger partial charge in [0.25, 0.3) is 5.91 Å². The maximum absolute atomic E-state index is 12.2. The number of anilines is 1. The number of carbonyl (C=O) groups is 1. The minimum atomic E-state index is -0.505. The van der Waals surface area contributed by atoms with E-state index in [1.54, 1.807) is 18.3 Å². The van der Waals surface area contributed by atoms with Gasteiger partial charge in [-0.2, -0.15) is 5.26 Å². The number of amides is 1. The van der Waals surface area contributed by atoms with Crippen molar-refractivity contribution in [3.63, 3.8) is 0 Å². The summed E-state index contributed by atoms with van der Waals surface area (Å²) in [4.78, 5) is 17.4. The summed E-state index contributed by atoms with van der Waals surface area (Å²) in [6.07, 6.45) is 5.36. The van der Waals surface area contributed by atoms with Crippen molar-refractivity contribution in [1.29, 1.82) is 5.26 Å². The lowest BCUT2D eigenvalue weighted by Crippen LogP contribution is -2.13. The molecule has 0 spiro atoms. The van der Waals surface area contributed by atoms with E-state index in [9.17, 15) is 4.79 Å². The van der Waals surface area contributed by atoms with Crippen LogP contribution in [0.3, 0.4) is 0 Å². The van der Waals surface area contributed by atoms with Crippen molar-refractivity contribution in [3.05, 3.63) is 76.7 Å². The maximum Gasteiger partial charge on any atom is 0.268 e. The number of thiazole rings is 1. The highest BCUT2D eigenvalue weighted by atomic mass is 32.1. The van der Waals surface area contributed by atoms with E-state index in [1.165, 1.54) is 29.2 Å². The predicted molar refractivity (Wildman–Crippen MR) is 92.3 cm³/mol. The summed E-state index contributed by atoms with van der Waals surface area (Å²) in [6.45, 7) is 0. The number of nitrogens with one attached hydrogen (secondary N) is 1. The second kappa shape index (κ2) is 7.40. The number of nitrogens with zero attached hydrogens (tertiary/aromatic N) is 2. The van der Waals surface area contributed by atoms with E-state index < -0.39 is 5.91 Å². The van der Waals surface area contributed by atoms with Gasteiger partial charge in [-0.05, 0) is 17.7 Å². The molecule has 0 saturated carbocycles. The molecule has 0 saturated heterocycles. The van der Waals surface area contributed by atoms with Crippen molar-refractivity contribution in [2.45, 2.75) is 6.42 Å². The van der Waals surface area contributed by atoms with E-state index in [-0.39, 0.29) is 5.57 Å². The molecule has 2 aromatic heterocycles. The van der Waals surface area contributed by atoms with Crippen LogP contribution in [0.25, 0.3) is 6.08 Å². The van der Waals surface area contributed by atoms with Crippen LogP contribution in [0.1, 0.15) is 16.2 Å². The zero-order chi connectivity index (χ0) is 16.8. The summed E-state index contributed by atoms with van der Waals surface area (Å²) in [7, 11) is 0. The summed E-state index contributed by atoms with van der Waals surface area (Å²) in [5.41, 5.74) is 1.14. The number of hydrogen-bond donors (Lipinski definition) is 1. The highest BCUT2D eigenvalue weighted by molar-refractivity contribution is 7.15. The summed E-state index contributed by atoms with van der Waals surface area (Å²) < 4.78 is 5.12. The fourth-order valence-corrected chi connectivity index (χ4v) is 2.91. The van der Waals surface area contributed by atoms with Crippen LogP contribution in [0.15, 0.2) is 64.9 Å². The quantitative estimate of drug-likeness (QED) is 0.567. The largest absolute Gasteiger partial charge is 0.465 e. The summed E-state index contributed by atoms with van der Waals surface area (Å²) in [5.74, 6) is -0.0554. The molecular formula is C18H13N3O2S. The second-order valence-corrected chi connectivity index (χ2v) is 6.05. The first-order chi connectivity index (χ1) is 11.7. The Kier molecular flexibility index (Phi) is 4.84. The van der Waals surface area contributed by atoms with Gasteiger partial charge in [-0.3, -0.25) is 10.1 Å². The first-order valence-corrected chi connectivity index (χ1v) is 8.01. The number of rotatable bonds is 5. The van der Waals surface area contributed by atoms with E-state index in [0.29, 0.717) is 10.9 Å². The molecular weight excluding hydrogens is 322 g/mol. The second-order valence-electron chi connectivity index (χ2n) is 4.93. The average Bonchev–Trinajstić information content (AvgIpc) is 3.25. The van der Waals surface area contributed by atoms with E-state index in [4.69, 9.17) is 9.68 Å². The molecule has 3 aromatic rings. The fourth-order valence-electron chi connectivity index (χ4n) is 2.07. The van der Waals surface area contributed by atoms with Gasteiger partial charge in [0.05, 0.1) is 6.26 Å². The van der Waals surface area contributed by atoms with Gasteiger partial charge >= 0.3 is 0 Å². The number of hydrogen-bond acceptors (Lipinski definition) is 5. The van der Waals surface area contributed by atoms with Gasteiger partial charge in [0.2, 0.25) is 0 Å². The lowest BCUT2D eigenvalue weighted by atomic mass is 10.1. The number of nitriles is 1. The highest BCUT2D eigenvalue weighted by Gasteiger charge is 2.12. The molecule has 118 valence electrons. The molecule has 1 N–H and O–H groups in total. The Labute approximate surface area is 142 Å². The summed E-state index contributed by atoms with van der Waals surface area (Å²) >= 11 is 1.39. The Balaban J connectivity index is 1.68. The van der Waals surface area contributed by atoms with Crippen LogP contribution in [-0.4, -0.2) is 10.9 Å². The Hall–Kier alpha value is -3.17. The molecule has 0 aliphatic rings. The molecule has 0 radical (unpaired) electrons. The van der Waals surface area contributed by atoms with E-state index in [2.05, 4.69) is 10.3 Å². The molecule has 0 atom stereocenters. The zero-order valence-electron chi connectivity index (χ0n) is 12.6. The van der Waals surface area contributed by atoms with Gasteiger partial charge in [0.1, 0.15) is 17.4 Å². The number of aromatic nitrogens is 1. The van der Waals surface area contributed by atoms with Crippen LogP contribution >= 0.6 is 11.3 Å². The van der Waals surface area contributed by atoms with Crippen LogP contribution in [0.5, 0.6) is 0 Å². The lowest BCUT2D eigenvalue weighted by molar-refractivity contribution is -0.112. The van der Waals surface area contributed by atoms with Gasteiger partial charge in [0.15, 0.2) is 5.13 Å². The van der Waals surface area contributed by atoms with Crippen molar-refractivity contribution in [2.75, 3.05) is 5.32 Å². The SMILES string of the molecule is N#C/C(=C\c1ccco1)C(=O)Nc1ncc(Cc2ccccc2)s1. The van der Waals surface area contributed by atoms with Crippen LogP contribution in [0, 0.1) is 11.3 Å². The third-order valence-corrected chi connectivity index (χ3v) is 4.10. The average molecular weight is 335 g/mol. The van der Waals surface area contributed by atoms with Crippen LogP contribution in [-0.2, 0) is 11.2 Å². The monoisotopic (exact) mass is 335 g/mol. The number of benzene rings is 1. The molecule has 0 bridgehead atoms. The first kappa shape index (κ1) is 15.7. The minimum absolute atomic E-state index is 0.0373. The van der Waals surface area contributed by atoms with Crippen LogP contribution in [0.2, 0.25) is 0 Å². The van der Waals surface area contributed by atoms with Gasteiger partial charge in [0, 0.05) is 23.6 Å². The van der Waals surface area contributed by atoms with Gasteiger partial charge < -0.3 is 4.42 Å². The van der Waals surface area contributed by atoms with Gasteiger partial charge in [-0.1, -0.05) is 30.3 Å². The Morgan fingerprint density at radius 2 is 2.12 bits per heavy atom. The normalized spacial score (nSPS) is 11.0. The molecule has 1 amide bonds. The highest BCUT2D eigenvalue weighted by Crippen LogP contribution is 2.21.